The van der Waals surface area contributed by atoms with Crippen molar-refractivity contribution in [1.29, 1.82) is 0 Å². The second-order valence-electron chi connectivity index (χ2n) is 5.63. The second-order valence-corrected chi connectivity index (χ2v) is 5.63. The third-order valence-corrected chi connectivity index (χ3v) is 3.83. The average Bonchev–Trinajstić information content (AvgIpc) is 3.18. The number of nitrogens with zero attached hydrogens (tertiary/aromatic N) is 4. The molecule has 0 bridgehead atoms. The van der Waals surface area contributed by atoms with E-state index in [4.69, 9.17) is 4.52 Å². The number of anilines is 1. The maximum absolute atomic E-state index is 11.4. The van der Waals surface area contributed by atoms with E-state index in [2.05, 4.69) is 31.0 Å². The molecule has 0 aliphatic heterocycles. The predicted octanol–water partition coefficient (Wildman–Crippen LogP) is 2.10. The molecule has 2 heterocycles. The van der Waals surface area contributed by atoms with Gasteiger partial charge in [-0.2, -0.15) is 4.98 Å². The van der Waals surface area contributed by atoms with Crippen LogP contribution in [0.3, 0.4) is 0 Å². The predicted molar refractivity (Wildman–Crippen MR) is 96.7 cm³/mol. The van der Waals surface area contributed by atoms with Gasteiger partial charge in [-0.15, -0.1) is 10.2 Å². The summed E-state index contributed by atoms with van der Waals surface area (Å²) in [5.74, 6) is 1.62. The van der Waals surface area contributed by atoms with E-state index in [-0.39, 0.29) is 5.91 Å². The summed E-state index contributed by atoms with van der Waals surface area (Å²) in [6.07, 6.45) is 1.57. The van der Waals surface area contributed by atoms with Gasteiger partial charge in [0, 0.05) is 25.6 Å². The topological polar surface area (TPSA) is 106 Å². The number of nitrogens with one attached hydrogen (secondary N) is 2. The molecule has 8 heteroatoms. The molecule has 1 aromatic carbocycles. The molecule has 0 unspecified atom stereocenters. The van der Waals surface area contributed by atoms with E-state index >= 15 is 0 Å². The largest absolute Gasteiger partial charge is 0.368 e. The fourth-order valence-corrected chi connectivity index (χ4v) is 2.34. The standard InChI is InChI=1S/C18H20N6O2/c1-3-15-21-18(26-24-15)13-6-4-12(5-7-13)10-11-20-16-9-8-14(22-23-16)17(25)19-2/h4-9H,3,10-11H2,1-2H3,(H,19,25)(H,20,23). The molecule has 2 N–H and O–H groups in total. The number of carbonyl (C=O) groups is 1. The molecule has 0 aliphatic rings. The summed E-state index contributed by atoms with van der Waals surface area (Å²) in [7, 11) is 1.56. The Bertz CT molecular complexity index is 858. The lowest BCUT2D eigenvalue weighted by Crippen LogP contribution is -2.20. The third-order valence-electron chi connectivity index (χ3n) is 3.83. The van der Waals surface area contributed by atoms with Crippen LogP contribution in [0, 0.1) is 0 Å². The summed E-state index contributed by atoms with van der Waals surface area (Å²) < 4.78 is 5.24. The highest BCUT2D eigenvalue weighted by Crippen LogP contribution is 2.18. The molecule has 0 saturated heterocycles. The van der Waals surface area contributed by atoms with E-state index in [0.29, 0.717) is 29.8 Å². The molecule has 134 valence electrons. The molecule has 2 aromatic heterocycles. The molecule has 0 radical (unpaired) electrons. The first kappa shape index (κ1) is 17.5. The number of amides is 1. The smallest absolute Gasteiger partial charge is 0.271 e. The first-order chi connectivity index (χ1) is 12.7. The van der Waals surface area contributed by atoms with Crippen molar-refractivity contribution in [3.8, 4) is 11.5 Å². The van der Waals surface area contributed by atoms with Gasteiger partial charge in [-0.3, -0.25) is 4.79 Å². The number of hydrogen-bond acceptors (Lipinski definition) is 7. The molecule has 0 aliphatic carbocycles. The van der Waals surface area contributed by atoms with E-state index in [0.717, 1.165) is 18.4 Å². The normalized spacial score (nSPS) is 10.5. The van der Waals surface area contributed by atoms with Crippen LogP contribution in [0.25, 0.3) is 11.5 Å². The van der Waals surface area contributed by atoms with Gasteiger partial charge in [0.2, 0.25) is 0 Å². The van der Waals surface area contributed by atoms with Crippen molar-refractivity contribution in [2.24, 2.45) is 0 Å². The van der Waals surface area contributed by atoms with E-state index in [1.165, 1.54) is 5.56 Å². The zero-order valence-electron chi connectivity index (χ0n) is 14.7. The van der Waals surface area contributed by atoms with Gasteiger partial charge in [0.05, 0.1) is 0 Å². The Labute approximate surface area is 151 Å². The highest BCUT2D eigenvalue weighted by atomic mass is 16.5. The van der Waals surface area contributed by atoms with Gasteiger partial charge in [-0.1, -0.05) is 24.2 Å². The van der Waals surface area contributed by atoms with Crippen LogP contribution in [0.2, 0.25) is 0 Å². The quantitative estimate of drug-likeness (QED) is 0.671. The number of carbonyl (C=O) groups excluding carboxylic acids is 1. The molecule has 0 atom stereocenters. The van der Waals surface area contributed by atoms with Gasteiger partial charge in [-0.25, -0.2) is 0 Å². The van der Waals surface area contributed by atoms with Gasteiger partial charge in [0.15, 0.2) is 11.5 Å². The molecule has 3 aromatic rings. The Hall–Kier alpha value is -3.29. The second kappa shape index (κ2) is 8.19. The van der Waals surface area contributed by atoms with Crippen LogP contribution in [0.1, 0.15) is 28.8 Å². The van der Waals surface area contributed by atoms with Crippen molar-refractivity contribution < 1.29 is 9.32 Å². The Kier molecular flexibility index (Phi) is 5.52. The molecule has 0 saturated carbocycles. The van der Waals surface area contributed by atoms with Crippen molar-refractivity contribution >= 4 is 11.7 Å². The fraction of sp³-hybridized carbons (Fsp3) is 0.278. The lowest BCUT2D eigenvalue weighted by Gasteiger charge is -2.06. The average molecular weight is 352 g/mol. The highest BCUT2D eigenvalue weighted by molar-refractivity contribution is 5.91. The lowest BCUT2D eigenvalue weighted by atomic mass is 10.1. The molecule has 1 amide bonds. The third kappa shape index (κ3) is 4.21. The van der Waals surface area contributed by atoms with Crippen LogP contribution in [0.5, 0.6) is 0 Å². The first-order valence-corrected chi connectivity index (χ1v) is 8.41. The van der Waals surface area contributed by atoms with Gasteiger partial charge < -0.3 is 15.2 Å². The van der Waals surface area contributed by atoms with Crippen molar-refractivity contribution in [3.63, 3.8) is 0 Å². The Balaban J connectivity index is 1.52. The Morgan fingerprint density at radius 2 is 1.92 bits per heavy atom. The number of aromatic nitrogens is 4. The minimum absolute atomic E-state index is 0.253. The SMILES string of the molecule is CCc1noc(-c2ccc(CCNc3ccc(C(=O)NC)nn3)cc2)n1. The summed E-state index contributed by atoms with van der Waals surface area (Å²) in [5, 5.41) is 17.5. The van der Waals surface area contributed by atoms with Crippen molar-refractivity contribution in [3.05, 3.63) is 53.5 Å². The van der Waals surface area contributed by atoms with Crippen LogP contribution >= 0.6 is 0 Å². The highest BCUT2D eigenvalue weighted by Gasteiger charge is 2.08. The van der Waals surface area contributed by atoms with E-state index in [1.54, 1.807) is 19.2 Å². The molecule has 0 spiro atoms. The summed E-state index contributed by atoms with van der Waals surface area (Å²) in [6, 6.07) is 11.4. The first-order valence-electron chi connectivity index (χ1n) is 8.41. The Morgan fingerprint density at radius 3 is 2.54 bits per heavy atom. The van der Waals surface area contributed by atoms with Gasteiger partial charge in [-0.05, 0) is 36.2 Å². The van der Waals surface area contributed by atoms with E-state index in [1.807, 2.05) is 31.2 Å². The van der Waals surface area contributed by atoms with Crippen molar-refractivity contribution in [1.82, 2.24) is 25.7 Å². The summed E-state index contributed by atoms with van der Waals surface area (Å²) >= 11 is 0. The summed E-state index contributed by atoms with van der Waals surface area (Å²) in [6.45, 7) is 2.69. The molecule has 26 heavy (non-hydrogen) atoms. The molecule has 0 fully saturated rings. The van der Waals surface area contributed by atoms with Gasteiger partial charge in [0.25, 0.3) is 11.8 Å². The van der Waals surface area contributed by atoms with E-state index in [9.17, 15) is 4.79 Å². The Morgan fingerprint density at radius 1 is 1.12 bits per heavy atom. The minimum Gasteiger partial charge on any atom is -0.368 e. The van der Waals surface area contributed by atoms with Gasteiger partial charge >= 0.3 is 0 Å². The maximum Gasteiger partial charge on any atom is 0.271 e. The fourth-order valence-electron chi connectivity index (χ4n) is 2.34. The maximum atomic E-state index is 11.4. The van der Waals surface area contributed by atoms with Crippen molar-refractivity contribution in [2.75, 3.05) is 18.9 Å². The molecule has 8 nitrogen and oxygen atoms in total. The minimum atomic E-state index is -0.253. The molecule has 3 rings (SSSR count). The summed E-state index contributed by atoms with van der Waals surface area (Å²) in [5.41, 5.74) is 2.37. The van der Waals surface area contributed by atoms with Gasteiger partial charge in [0.1, 0.15) is 5.82 Å². The summed E-state index contributed by atoms with van der Waals surface area (Å²) in [4.78, 5) is 15.7. The molecular formula is C18H20N6O2. The molecular weight excluding hydrogens is 332 g/mol. The lowest BCUT2D eigenvalue weighted by molar-refractivity contribution is 0.0957. The van der Waals surface area contributed by atoms with Crippen LogP contribution in [0.15, 0.2) is 40.9 Å². The number of hydrogen-bond donors (Lipinski definition) is 2. The van der Waals surface area contributed by atoms with Crippen LogP contribution in [-0.4, -0.2) is 39.8 Å². The number of aryl methyl sites for hydroxylation is 1. The number of benzene rings is 1. The monoisotopic (exact) mass is 352 g/mol. The zero-order valence-corrected chi connectivity index (χ0v) is 14.7. The van der Waals surface area contributed by atoms with Crippen LogP contribution in [-0.2, 0) is 12.8 Å². The van der Waals surface area contributed by atoms with Crippen LogP contribution < -0.4 is 10.6 Å². The number of rotatable bonds is 7. The van der Waals surface area contributed by atoms with Crippen molar-refractivity contribution in [2.45, 2.75) is 19.8 Å². The van der Waals surface area contributed by atoms with E-state index < -0.39 is 0 Å². The van der Waals surface area contributed by atoms with Crippen LogP contribution in [0.4, 0.5) is 5.82 Å². The zero-order chi connectivity index (χ0) is 18.4.